The molecule has 1 amide bonds. The number of aromatic nitrogens is 4. The van der Waals surface area contributed by atoms with Gasteiger partial charge in [0, 0.05) is 10.6 Å². The number of hydrogen-bond acceptors (Lipinski definition) is 6. The summed E-state index contributed by atoms with van der Waals surface area (Å²) in [6.07, 6.45) is -2.12. The van der Waals surface area contributed by atoms with Crippen molar-refractivity contribution < 1.29 is 13.6 Å². The number of amides is 1. The quantitative estimate of drug-likeness (QED) is 0.753. The highest BCUT2D eigenvalue weighted by Gasteiger charge is 2.22. The van der Waals surface area contributed by atoms with Crippen molar-refractivity contribution in [1.29, 1.82) is 5.26 Å². The molecule has 0 saturated carbocycles. The van der Waals surface area contributed by atoms with Gasteiger partial charge in [-0.15, -0.1) is 16.4 Å². The van der Waals surface area contributed by atoms with E-state index in [1.807, 2.05) is 13.8 Å². The second-order valence-corrected chi connectivity index (χ2v) is 6.76. The van der Waals surface area contributed by atoms with E-state index in [9.17, 15) is 18.8 Å². The van der Waals surface area contributed by atoms with Crippen molar-refractivity contribution >= 4 is 28.0 Å². The number of carbonyl (C=O) groups is 1. The van der Waals surface area contributed by atoms with E-state index in [1.54, 1.807) is 6.92 Å². The van der Waals surface area contributed by atoms with E-state index >= 15 is 0 Å². The Morgan fingerprint density at radius 3 is 2.77 bits per heavy atom. The van der Waals surface area contributed by atoms with Crippen LogP contribution in [0, 0.1) is 25.2 Å². The number of nitrogens with zero attached hydrogens (tertiary/aromatic N) is 5. The Bertz CT molecular complexity index is 1050. The Labute approximate surface area is 151 Å². The van der Waals surface area contributed by atoms with Crippen LogP contribution in [0.4, 0.5) is 13.8 Å². The summed E-state index contributed by atoms with van der Waals surface area (Å²) in [6.45, 7) is 5.34. The molecule has 0 fully saturated rings. The van der Waals surface area contributed by atoms with Gasteiger partial charge < -0.3 is 5.32 Å². The van der Waals surface area contributed by atoms with Crippen molar-refractivity contribution in [2.45, 2.75) is 33.6 Å². The summed E-state index contributed by atoms with van der Waals surface area (Å²) in [5, 5.41) is 16.2. The molecular weight excluding hydrogens is 362 g/mol. The SMILES string of the molecule is CCc1c(C)sc(NC(=O)c2nc3nc(C)cc(C(F)F)n3n2)c1C#N. The van der Waals surface area contributed by atoms with Crippen molar-refractivity contribution in [3.63, 3.8) is 0 Å². The zero-order valence-corrected chi connectivity index (χ0v) is 15.0. The fraction of sp³-hybridized carbons (Fsp3) is 0.312. The molecule has 1 N–H and O–H groups in total. The fourth-order valence-corrected chi connectivity index (χ4v) is 3.73. The predicted molar refractivity (Wildman–Crippen MR) is 91.6 cm³/mol. The van der Waals surface area contributed by atoms with E-state index in [4.69, 9.17) is 0 Å². The molecule has 0 aliphatic carbocycles. The highest BCUT2D eigenvalue weighted by atomic mass is 32.1. The van der Waals surface area contributed by atoms with Crippen LogP contribution in [0.25, 0.3) is 5.78 Å². The van der Waals surface area contributed by atoms with Crippen molar-refractivity contribution in [3.05, 3.63) is 39.3 Å². The van der Waals surface area contributed by atoms with Gasteiger partial charge in [-0.2, -0.15) is 14.8 Å². The molecule has 0 bridgehead atoms. The van der Waals surface area contributed by atoms with Gasteiger partial charge in [0.15, 0.2) is 0 Å². The largest absolute Gasteiger partial charge is 0.310 e. The first-order valence-electron chi connectivity index (χ1n) is 7.71. The molecule has 0 aliphatic rings. The summed E-state index contributed by atoms with van der Waals surface area (Å²) >= 11 is 1.28. The van der Waals surface area contributed by atoms with E-state index in [2.05, 4.69) is 26.5 Å². The molecule has 7 nitrogen and oxygen atoms in total. The first-order valence-corrected chi connectivity index (χ1v) is 8.53. The number of halogens is 2. The van der Waals surface area contributed by atoms with Crippen LogP contribution in [0.15, 0.2) is 6.07 Å². The van der Waals surface area contributed by atoms with E-state index in [-0.39, 0.29) is 11.6 Å². The van der Waals surface area contributed by atoms with Crippen LogP contribution in [0.2, 0.25) is 0 Å². The summed E-state index contributed by atoms with van der Waals surface area (Å²) in [5.41, 5.74) is 1.22. The lowest BCUT2D eigenvalue weighted by atomic mass is 10.1. The van der Waals surface area contributed by atoms with Crippen molar-refractivity contribution in [2.24, 2.45) is 0 Å². The maximum atomic E-state index is 13.2. The molecule has 0 spiro atoms. The molecule has 0 atom stereocenters. The number of aryl methyl sites for hydroxylation is 2. The van der Waals surface area contributed by atoms with Crippen LogP contribution in [-0.4, -0.2) is 25.5 Å². The molecular formula is C16H14F2N6OS. The average molecular weight is 376 g/mol. The molecule has 0 aromatic carbocycles. The van der Waals surface area contributed by atoms with Gasteiger partial charge in [0.2, 0.25) is 5.82 Å². The number of carbonyl (C=O) groups excluding carboxylic acids is 1. The zero-order valence-electron chi connectivity index (χ0n) is 14.2. The molecule has 3 aromatic rings. The van der Waals surface area contributed by atoms with E-state index in [0.29, 0.717) is 22.7 Å². The number of alkyl halides is 2. The minimum atomic E-state index is -2.78. The summed E-state index contributed by atoms with van der Waals surface area (Å²) in [5.74, 6) is -1.06. The topological polar surface area (TPSA) is 96.0 Å². The van der Waals surface area contributed by atoms with Crippen LogP contribution in [0.1, 0.15) is 51.4 Å². The van der Waals surface area contributed by atoms with Gasteiger partial charge >= 0.3 is 0 Å². The number of nitrogens with one attached hydrogen (secondary N) is 1. The average Bonchev–Trinajstić information content (AvgIpc) is 3.13. The Kier molecular flexibility index (Phi) is 4.65. The first kappa shape index (κ1) is 17.9. The van der Waals surface area contributed by atoms with E-state index in [1.165, 1.54) is 17.4 Å². The van der Waals surface area contributed by atoms with Crippen LogP contribution in [-0.2, 0) is 6.42 Å². The highest BCUT2D eigenvalue weighted by molar-refractivity contribution is 7.16. The number of rotatable bonds is 4. The highest BCUT2D eigenvalue weighted by Crippen LogP contribution is 2.33. The third-order valence-electron chi connectivity index (χ3n) is 3.80. The van der Waals surface area contributed by atoms with Crippen LogP contribution < -0.4 is 5.32 Å². The van der Waals surface area contributed by atoms with Crippen LogP contribution in [0.5, 0.6) is 0 Å². The third kappa shape index (κ3) is 3.01. The number of hydrogen-bond donors (Lipinski definition) is 1. The molecule has 0 aliphatic heterocycles. The molecule has 3 heterocycles. The lowest BCUT2D eigenvalue weighted by Gasteiger charge is -2.02. The van der Waals surface area contributed by atoms with Crippen molar-refractivity contribution in [2.75, 3.05) is 5.32 Å². The van der Waals surface area contributed by atoms with Gasteiger partial charge in [-0.05, 0) is 31.9 Å². The van der Waals surface area contributed by atoms with Crippen LogP contribution >= 0.6 is 11.3 Å². The second kappa shape index (κ2) is 6.76. The molecule has 10 heteroatoms. The minimum Gasteiger partial charge on any atom is -0.310 e. The Hall–Kier alpha value is -2.93. The Balaban J connectivity index is 1.99. The smallest absolute Gasteiger partial charge is 0.296 e. The standard InChI is InChI=1S/C16H14F2N6OS/c1-4-9-8(3)26-15(10(9)6-19)22-14(25)13-21-16-20-7(2)5-11(12(17)18)24(16)23-13/h5,12H,4H2,1-3H3,(H,22,25). The van der Waals surface area contributed by atoms with Crippen molar-refractivity contribution in [1.82, 2.24) is 19.6 Å². The maximum Gasteiger partial charge on any atom is 0.296 e. The summed E-state index contributed by atoms with van der Waals surface area (Å²) in [4.78, 5) is 21.3. The second-order valence-electron chi connectivity index (χ2n) is 5.53. The zero-order chi connectivity index (χ0) is 19.0. The summed E-state index contributed by atoms with van der Waals surface area (Å²) in [6, 6.07) is 3.28. The molecule has 134 valence electrons. The van der Waals surface area contributed by atoms with Gasteiger partial charge in [0.05, 0.1) is 5.56 Å². The molecule has 3 rings (SSSR count). The van der Waals surface area contributed by atoms with E-state index < -0.39 is 18.0 Å². The van der Waals surface area contributed by atoms with Gasteiger partial charge in [-0.3, -0.25) is 4.79 Å². The van der Waals surface area contributed by atoms with Gasteiger partial charge in [-0.25, -0.2) is 13.8 Å². The Morgan fingerprint density at radius 2 is 2.15 bits per heavy atom. The first-order chi connectivity index (χ1) is 12.3. The van der Waals surface area contributed by atoms with Gasteiger partial charge in [0.1, 0.15) is 16.8 Å². The molecule has 3 aromatic heterocycles. The van der Waals surface area contributed by atoms with E-state index in [0.717, 1.165) is 15.0 Å². The lowest BCUT2D eigenvalue weighted by molar-refractivity contribution is 0.101. The normalized spacial score (nSPS) is 11.1. The fourth-order valence-electron chi connectivity index (χ4n) is 2.64. The Morgan fingerprint density at radius 1 is 1.42 bits per heavy atom. The van der Waals surface area contributed by atoms with Crippen molar-refractivity contribution in [3.8, 4) is 6.07 Å². The number of nitriles is 1. The molecule has 0 radical (unpaired) electrons. The number of thiophene rings is 1. The molecule has 0 unspecified atom stereocenters. The van der Waals surface area contributed by atoms with Gasteiger partial charge in [0.25, 0.3) is 18.1 Å². The maximum absolute atomic E-state index is 13.2. The minimum absolute atomic E-state index is 0.0810. The number of fused-ring (bicyclic) bond motifs is 1. The van der Waals surface area contributed by atoms with Gasteiger partial charge in [-0.1, -0.05) is 6.92 Å². The summed E-state index contributed by atoms with van der Waals surface area (Å²) in [7, 11) is 0. The summed E-state index contributed by atoms with van der Waals surface area (Å²) < 4.78 is 27.2. The third-order valence-corrected chi connectivity index (χ3v) is 4.86. The predicted octanol–water partition coefficient (Wildman–Crippen LogP) is 3.43. The monoisotopic (exact) mass is 376 g/mol. The molecule has 26 heavy (non-hydrogen) atoms. The van der Waals surface area contributed by atoms with Crippen LogP contribution in [0.3, 0.4) is 0 Å². The lowest BCUT2D eigenvalue weighted by Crippen LogP contribution is -2.14. The molecule has 0 saturated heterocycles. The number of anilines is 1.